The Balaban J connectivity index is 0.00000208. The van der Waals surface area contributed by atoms with Gasteiger partial charge in [0.25, 0.3) is 0 Å². The molecule has 3 N–H and O–H groups in total. The van der Waals surface area contributed by atoms with Gasteiger partial charge < -0.3 is 15.6 Å². The smallest absolute Gasteiger partial charge is 0.334 e. The number of nitrogens with zero attached hydrogens (tertiary/aromatic N) is 2. The van der Waals surface area contributed by atoms with Crippen LogP contribution in [-0.2, 0) is 11.0 Å². The van der Waals surface area contributed by atoms with E-state index in [-0.39, 0.29) is 60.7 Å². The molecule has 6 nitrogen and oxygen atoms in total. The van der Waals surface area contributed by atoms with Crippen LogP contribution in [0.1, 0.15) is 5.82 Å². The Kier molecular flexibility index (Phi) is 9.68. The van der Waals surface area contributed by atoms with Crippen LogP contribution >= 0.6 is 37.2 Å². The van der Waals surface area contributed by atoms with E-state index >= 15 is 0 Å². The minimum Gasteiger partial charge on any atom is -0.334 e. The molecule has 1 saturated heterocycles. The molecule has 12 heteroatoms. The first-order valence-electron chi connectivity index (χ1n) is 7.22. The van der Waals surface area contributed by atoms with Crippen LogP contribution in [-0.4, -0.2) is 53.5 Å². The fourth-order valence-corrected chi connectivity index (χ4v) is 2.49. The lowest BCUT2D eigenvalue weighted by atomic mass is 10.2. The zero-order valence-corrected chi connectivity index (χ0v) is 15.9. The van der Waals surface area contributed by atoms with Crippen LogP contribution in [0.25, 0.3) is 11.0 Å². The fourth-order valence-electron chi connectivity index (χ4n) is 2.49. The van der Waals surface area contributed by atoms with Crippen molar-refractivity contribution in [2.24, 2.45) is 0 Å². The molecule has 1 aliphatic heterocycles. The summed E-state index contributed by atoms with van der Waals surface area (Å²) < 4.78 is 37.9. The Bertz CT molecular complexity index is 719. The monoisotopic (exact) mass is 435 g/mol. The Hall–Kier alpha value is -1.26. The lowest BCUT2D eigenvalue weighted by Crippen LogP contribution is -2.46. The number of hydrogen-bond acceptors (Lipinski definition) is 4. The minimum atomic E-state index is -4.52. The van der Waals surface area contributed by atoms with Crippen molar-refractivity contribution >= 4 is 59.8 Å². The zero-order valence-electron chi connectivity index (χ0n) is 13.4. The molecule has 1 aliphatic rings. The number of alkyl halides is 3. The van der Waals surface area contributed by atoms with E-state index in [1.165, 1.54) is 12.1 Å². The molecular weight excluding hydrogens is 418 g/mol. The summed E-state index contributed by atoms with van der Waals surface area (Å²) in [7, 11) is 0. The second kappa shape index (κ2) is 10.2. The van der Waals surface area contributed by atoms with Gasteiger partial charge in [-0.25, -0.2) is 4.98 Å². The Morgan fingerprint density at radius 1 is 1.19 bits per heavy atom. The van der Waals surface area contributed by atoms with E-state index < -0.39 is 12.0 Å². The number of nitrogens with one attached hydrogen (secondary N) is 3. The third-order valence-electron chi connectivity index (χ3n) is 3.61. The van der Waals surface area contributed by atoms with Gasteiger partial charge in [0.15, 0.2) is 0 Å². The molecule has 0 atom stereocenters. The van der Waals surface area contributed by atoms with E-state index in [0.29, 0.717) is 5.69 Å². The highest BCUT2D eigenvalue weighted by Gasteiger charge is 2.34. The van der Waals surface area contributed by atoms with Gasteiger partial charge in [-0.3, -0.25) is 9.69 Å². The van der Waals surface area contributed by atoms with Crippen molar-refractivity contribution < 1.29 is 18.0 Å². The highest BCUT2D eigenvalue weighted by atomic mass is 35.5. The second-order valence-corrected chi connectivity index (χ2v) is 5.39. The minimum absolute atomic E-state index is 0. The number of aromatic nitrogens is 2. The molecule has 26 heavy (non-hydrogen) atoms. The molecule has 2 heterocycles. The number of carbonyl (C=O) groups is 1. The molecule has 0 saturated carbocycles. The summed E-state index contributed by atoms with van der Waals surface area (Å²) in [5.74, 6) is -1.24. The molecule has 0 unspecified atom stereocenters. The number of benzene rings is 1. The summed E-state index contributed by atoms with van der Waals surface area (Å²) in [6, 6.07) is 4.44. The molecule has 1 aromatic heterocycles. The van der Waals surface area contributed by atoms with E-state index in [9.17, 15) is 18.0 Å². The van der Waals surface area contributed by atoms with E-state index in [0.717, 1.165) is 26.2 Å². The number of hydrogen-bond donors (Lipinski definition) is 3. The van der Waals surface area contributed by atoms with E-state index in [1.54, 1.807) is 6.07 Å². The highest BCUT2D eigenvalue weighted by Crippen LogP contribution is 2.29. The average molecular weight is 437 g/mol. The topological polar surface area (TPSA) is 73.1 Å². The summed E-state index contributed by atoms with van der Waals surface area (Å²) in [4.78, 5) is 19.7. The number of amides is 1. The number of anilines is 1. The van der Waals surface area contributed by atoms with Crippen LogP contribution < -0.4 is 10.6 Å². The van der Waals surface area contributed by atoms with Gasteiger partial charge in [-0.05, 0) is 18.2 Å². The predicted molar refractivity (Wildman–Crippen MR) is 101 cm³/mol. The highest BCUT2D eigenvalue weighted by molar-refractivity contribution is 5.94. The fraction of sp³-hybridized carbons (Fsp3) is 0.429. The van der Waals surface area contributed by atoms with E-state index in [2.05, 4.69) is 20.6 Å². The number of imidazole rings is 1. The van der Waals surface area contributed by atoms with Crippen LogP contribution in [0.2, 0.25) is 0 Å². The van der Waals surface area contributed by atoms with Gasteiger partial charge in [0.1, 0.15) is 0 Å². The van der Waals surface area contributed by atoms with Gasteiger partial charge in [0.05, 0.1) is 17.6 Å². The number of carbonyl (C=O) groups excluding carboxylic acids is 1. The summed E-state index contributed by atoms with van der Waals surface area (Å²) in [6.07, 6.45) is -4.52. The lowest BCUT2D eigenvalue weighted by molar-refractivity contribution is -0.144. The maximum atomic E-state index is 12.6. The summed E-state index contributed by atoms with van der Waals surface area (Å²) in [5, 5.41) is 5.90. The molecule has 1 fully saturated rings. The molecule has 0 spiro atoms. The lowest BCUT2D eigenvalue weighted by Gasteiger charge is -2.26. The third kappa shape index (κ3) is 6.17. The molecular formula is C14H19Cl3F3N5O. The van der Waals surface area contributed by atoms with Crippen LogP contribution in [0, 0.1) is 0 Å². The molecule has 1 aromatic carbocycles. The molecule has 0 radical (unpaired) electrons. The number of H-pyrrole nitrogens is 1. The molecule has 0 bridgehead atoms. The van der Waals surface area contributed by atoms with Gasteiger partial charge >= 0.3 is 6.18 Å². The maximum Gasteiger partial charge on any atom is 0.449 e. The zero-order chi connectivity index (χ0) is 16.4. The van der Waals surface area contributed by atoms with Gasteiger partial charge in [0.2, 0.25) is 11.7 Å². The van der Waals surface area contributed by atoms with Gasteiger partial charge in [-0.2, -0.15) is 13.2 Å². The normalized spacial score (nSPS) is 14.7. The molecule has 3 rings (SSSR count). The number of fused-ring (bicyclic) bond motifs is 1. The molecule has 148 valence electrons. The molecule has 0 aliphatic carbocycles. The van der Waals surface area contributed by atoms with Crippen LogP contribution in [0.15, 0.2) is 18.2 Å². The van der Waals surface area contributed by atoms with Gasteiger partial charge in [0, 0.05) is 31.9 Å². The number of rotatable bonds is 3. The summed E-state index contributed by atoms with van der Waals surface area (Å²) >= 11 is 0. The van der Waals surface area contributed by atoms with E-state index in [1.807, 2.05) is 4.90 Å². The van der Waals surface area contributed by atoms with Crippen LogP contribution in [0.3, 0.4) is 0 Å². The van der Waals surface area contributed by atoms with E-state index in [4.69, 9.17) is 0 Å². The SMILES string of the molecule is Cl.Cl.Cl.O=C(CN1CCNCC1)Nc1ccc2nc(C(F)(F)F)[nH]c2c1. The number of piperazine rings is 1. The third-order valence-corrected chi connectivity index (χ3v) is 3.61. The Labute approximate surface area is 166 Å². The largest absolute Gasteiger partial charge is 0.449 e. The van der Waals surface area contributed by atoms with Crippen molar-refractivity contribution in [3.63, 3.8) is 0 Å². The van der Waals surface area contributed by atoms with Crippen molar-refractivity contribution in [2.45, 2.75) is 6.18 Å². The number of halogens is 6. The van der Waals surface area contributed by atoms with Gasteiger partial charge in [-0.15, -0.1) is 37.2 Å². The Morgan fingerprint density at radius 2 is 1.85 bits per heavy atom. The van der Waals surface area contributed by atoms with Crippen molar-refractivity contribution in [1.29, 1.82) is 0 Å². The van der Waals surface area contributed by atoms with Crippen molar-refractivity contribution in [3.05, 3.63) is 24.0 Å². The molecule has 2 aromatic rings. The van der Waals surface area contributed by atoms with Crippen LogP contribution in [0.5, 0.6) is 0 Å². The Morgan fingerprint density at radius 3 is 2.46 bits per heavy atom. The van der Waals surface area contributed by atoms with Crippen molar-refractivity contribution in [2.75, 3.05) is 38.0 Å². The summed E-state index contributed by atoms with van der Waals surface area (Å²) in [5.41, 5.74) is 0.879. The van der Waals surface area contributed by atoms with Gasteiger partial charge in [-0.1, -0.05) is 0 Å². The summed E-state index contributed by atoms with van der Waals surface area (Å²) in [6.45, 7) is 3.53. The predicted octanol–water partition coefficient (Wildman–Crippen LogP) is 2.69. The van der Waals surface area contributed by atoms with Crippen molar-refractivity contribution in [1.82, 2.24) is 20.2 Å². The first kappa shape index (κ1) is 24.7. The number of aromatic amines is 1. The standard InChI is InChI=1S/C14H16F3N5O.3ClH/c15-14(16,17)13-20-10-2-1-9(7-11(10)21-13)19-12(23)8-22-5-3-18-4-6-22;;;/h1-2,7,18H,3-6,8H2,(H,19,23)(H,20,21);3*1H. The second-order valence-electron chi connectivity index (χ2n) is 5.39. The van der Waals surface area contributed by atoms with Crippen molar-refractivity contribution in [3.8, 4) is 0 Å². The first-order valence-corrected chi connectivity index (χ1v) is 7.22. The quantitative estimate of drug-likeness (QED) is 0.692. The van der Waals surface area contributed by atoms with Crippen LogP contribution in [0.4, 0.5) is 18.9 Å². The molecule has 1 amide bonds. The maximum absolute atomic E-state index is 12.6. The average Bonchev–Trinajstić information content (AvgIpc) is 2.91. The first-order chi connectivity index (χ1) is 10.9.